The Morgan fingerprint density at radius 1 is 1.20 bits per heavy atom. The van der Waals surface area contributed by atoms with Gasteiger partial charge in [0.1, 0.15) is 0 Å². The van der Waals surface area contributed by atoms with E-state index in [1.807, 2.05) is 0 Å². The first-order valence-corrected chi connectivity index (χ1v) is 5.84. The second-order valence-electron chi connectivity index (χ2n) is 4.43. The van der Waals surface area contributed by atoms with Gasteiger partial charge in [-0.3, -0.25) is 4.79 Å². The van der Waals surface area contributed by atoms with Gasteiger partial charge in [-0.05, 0) is 36.6 Å². The maximum absolute atomic E-state index is 12.8. The molecule has 0 radical (unpaired) electrons. The van der Waals surface area contributed by atoms with Crippen molar-refractivity contribution in [3.63, 3.8) is 0 Å². The highest BCUT2D eigenvalue weighted by molar-refractivity contribution is 5.97. The van der Waals surface area contributed by atoms with Gasteiger partial charge in [-0.1, -0.05) is 0 Å². The van der Waals surface area contributed by atoms with Gasteiger partial charge in [0, 0.05) is 17.9 Å². The molecule has 0 spiro atoms. The van der Waals surface area contributed by atoms with Gasteiger partial charge in [-0.15, -0.1) is 0 Å². The van der Waals surface area contributed by atoms with E-state index in [0.29, 0.717) is 6.42 Å². The first-order chi connectivity index (χ1) is 9.22. The first-order valence-electron chi connectivity index (χ1n) is 5.84. The highest BCUT2D eigenvalue weighted by Gasteiger charge is 2.63. The zero-order chi connectivity index (χ0) is 15.0. The predicted molar refractivity (Wildman–Crippen MR) is 62.9 cm³/mol. The Hall–Kier alpha value is -1.86. The number of carbonyl (C=O) groups is 1. The van der Waals surface area contributed by atoms with Crippen LogP contribution in [0.1, 0.15) is 12.0 Å². The van der Waals surface area contributed by atoms with E-state index in [1.54, 1.807) is 5.32 Å². The summed E-state index contributed by atoms with van der Waals surface area (Å²) >= 11 is 0. The van der Waals surface area contributed by atoms with Crippen LogP contribution in [0.2, 0.25) is 0 Å². The molecule has 1 aromatic carbocycles. The Morgan fingerprint density at radius 2 is 1.90 bits per heavy atom. The van der Waals surface area contributed by atoms with Gasteiger partial charge in [0.15, 0.2) is 0 Å². The van der Waals surface area contributed by atoms with Crippen molar-refractivity contribution in [3.8, 4) is 0 Å². The second-order valence-corrected chi connectivity index (χ2v) is 4.43. The normalized spacial score (nSPS) is 15.2. The van der Waals surface area contributed by atoms with Gasteiger partial charge < -0.3 is 10.6 Å². The molecule has 8 heteroatoms. The Bertz CT molecular complexity index is 527. The minimum Gasteiger partial charge on any atom is -0.385 e. The summed E-state index contributed by atoms with van der Waals surface area (Å²) in [6.45, 7) is 0.769. The van der Waals surface area contributed by atoms with E-state index in [1.165, 1.54) is 18.2 Å². The molecule has 3 nitrogen and oxygen atoms in total. The lowest BCUT2D eigenvalue weighted by Crippen LogP contribution is -2.47. The van der Waals surface area contributed by atoms with Gasteiger partial charge in [-0.25, -0.2) is 0 Å². The van der Waals surface area contributed by atoms with Crippen LogP contribution >= 0.6 is 0 Å². The highest BCUT2D eigenvalue weighted by Crippen LogP contribution is 2.36. The molecule has 0 aromatic heterocycles. The molecule has 2 rings (SSSR count). The lowest BCUT2D eigenvalue weighted by molar-refractivity contribution is -0.267. The molecule has 0 saturated heterocycles. The zero-order valence-corrected chi connectivity index (χ0v) is 10.2. The van der Waals surface area contributed by atoms with Crippen molar-refractivity contribution in [2.45, 2.75) is 24.9 Å². The molecule has 0 saturated carbocycles. The summed E-state index contributed by atoms with van der Waals surface area (Å²) in [5.74, 6) is -7.80. The van der Waals surface area contributed by atoms with Crippen LogP contribution in [0, 0.1) is 0 Å². The smallest absolute Gasteiger partial charge is 0.385 e. The van der Waals surface area contributed by atoms with Crippen molar-refractivity contribution < 1.29 is 26.7 Å². The maximum Gasteiger partial charge on any atom is 0.463 e. The number of halogens is 5. The fourth-order valence-corrected chi connectivity index (χ4v) is 1.89. The standard InChI is InChI=1S/C12H11F5N2O/c13-11(14,12(15,16)17)10(20)19-8-3-4-9-7(6-8)2-1-5-18-9/h3-4,6,18H,1-2,5H2,(H,19,20). The van der Waals surface area contributed by atoms with E-state index < -0.39 is 18.0 Å². The van der Waals surface area contributed by atoms with Crippen LogP contribution in [0.4, 0.5) is 33.3 Å². The lowest BCUT2D eigenvalue weighted by Gasteiger charge is -2.21. The van der Waals surface area contributed by atoms with Gasteiger partial charge >= 0.3 is 18.0 Å². The third kappa shape index (κ3) is 2.68. The second kappa shape index (κ2) is 4.92. The van der Waals surface area contributed by atoms with Crippen LogP contribution in [0.5, 0.6) is 0 Å². The van der Waals surface area contributed by atoms with E-state index in [9.17, 15) is 26.7 Å². The molecule has 2 N–H and O–H groups in total. The summed E-state index contributed by atoms with van der Waals surface area (Å²) in [6.07, 6.45) is -4.42. The van der Waals surface area contributed by atoms with E-state index >= 15 is 0 Å². The van der Waals surface area contributed by atoms with Crippen LogP contribution < -0.4 is 10.6 Å². The zero-order valence-electron chi connectivity index (χ0n) is 10.2. The molecule has 0 bridgehead atoms. The molecule has 0 atom stereocenters. The molecule has 1 heterocycles. The van der Waals surface area contributed by atoms with Crippen molar-refractivity contribution in [2.24, 2.45) is 0 Å². The average molecular weight is 294 g/mol. The van der Waals surface area contributed by atoms with Crippen LogP contribution in [-0.4, -0.2) is 24.6 Å². The quantitative estimate of drug-likeness (QED) is 0.823. The third-order valence-corrected chi connectivity index (χ3v) is 2.94. The number of fused-ring (bicyclic) bond motifs is 1. The number of anilines is 2. The van der Waals surface area contributed by atoms with E-state index in [0.717, 1.165) is 24.2 Å². The third-order valence-electron chi connectivity index (χ3n) is 2.94. The summed E-state index contributed by atoms with van der Waals surface area (Å²) in [4.78, 5) is 11.1. The van der Waals surface area contributed by atoms with Crippen LogP contribution in [-0.2, 0) is 11.2 Å². The molecule has 0 aliphatic carbocycles. The molecule has 1 amide bonds. The SMILES string of the molecule is O=C(Nc1ccc2c(c1)CCCN2)C(F)(F)C(F)(F)F. The molecule has 0 fully saturated rings. The van der Waals surface area contributed by atoms with E-state index in [2.05, 4.69) is 5.32 Å². The lowest BCUT2D eigenvalue weighted by atomic mass is 10.0. The number of benzene rings is 1. The molecule has 1 aliphatic heterocycles. The predicted octanol–water partition coefficient (Wildman–Crippen LogP) is 3.18. The molecule has 1 aromatic rings. The molecular formula is C12H11F5N2O. The van der Waals surface area contributed by atoms with Crippen molar-refractivity contribution in [1.29, 1.82) is 0 Å². The minimum atomic E-state index is -5.91. The topological polar surface area (TPSA) is 41.1 Å². The Balaban J connectivity index is 2.16. The summed E-state index contributed by atoms with van der Waals surface area (Å²) < 4.78 is 61.7. The Morgan fingerprint density at radius 3 is 2.55 bits per heavy atom. The number of amides is 1. The fraction of sp³-hybridized carbons (Fsp3) is 0.417. The van der Waals surface area contributed by atoms with Gasteiger partial charge in [0.2, 0.25) is 0 Å². The van der Waals surface area contributed by atoms with Crippen molar-refractivity contribution in [3.05, 3.63) is 23.8 Å². The number of hydrogen-bond acceptors (Lipinski definition) is 2. The van der Waals surface area contributed by atoms with Crippen molar-refractivity contribution in [1.82, 2.24) is 0 Å². The average Bonchev–Trinajstić information content (AvgIpc) is 2.37. The first kappa shape index (κ1) is 14.5. The number of hydrogen-bond donors (Lipinski definition) is 2. The van der Waals surface area contributed by atoms with Gasteiger partial charge in [-0.2, -0.15) is 22.0 Å². The summed E-state index contributed by atoms with van der Waals surface area (Å²) in [7, 11) is 0. The summed E-state index contributed by atoms with van der Waals surface area (Å²) in [5.41, 5.74) is 1.47. The minimum absolute atomic E-state index is 0.0821. The molecule has 110 valence electrons. The summed E-state index contributed by atoms with van der Waals surface area (Å²) in [6, 6.07) is 4.21. The molecule has 20 heavy (non-hydrogen) atoms. The Labute approximate surface area is 111 Å². The largest absolute Gasteiger partial charge is 0.463 e. The number of alkyl halides is 5. The highest BCUT2D eigenvalue weighted by atomic mass is 19.4. The maximum atomic E-state index is 12.8. The van der Waals surface area contributed by atoms with E-state index in [-0.39, 0.29) is 5.69 Å². The van der Waals surface area contributed by atoms with Gasteiger partial charge in [0.05, 0.1) is 0 Å². The molecule has 0 unspecified atom stereocenters. The Kier molecular flexibility index (Phi) is 3.58. The van der Waals surface area contributed by atoms with Crippen LogP contribution in [0.3, 0.4) is 0 Å². The van der Waals surface area contributed by atoms with Gasteiger partial charge in [0.25, 0.3) is 0 Å². The molecular weight excluding hydrogens is 283 g/mol. The summed E-state index contributed by atoms with van der Waals surface area (Å²) in [5, 5.41) is 4.66. The van der Waals surface area contributed by atoms with Crippen molar-refractivity contribution in [2.75, 3.05) is 17.2 Å². The number of aryl methyl sites for hydroxylation is 1. The number of rotatable bonds is 2. The number of nitrogens with one attached hydrogen (secondary N) is 2. The van der Waals surface area contributed by atoms with E-state index in [4.69, 9.17) is 0 Å². The monoisotopic (exact) mass is 294 g/mol. The molecule has 1 aliphatic rings. The number of carbonyl (C=O) groups excluding carboxylic acids is 1. The van der Waals surface area contributed by atoms with Crippen molar-refractivity contribution >= 4 is 17.3 Å². The van der Waals surface area contributed by atoms with Crippen LogP contribution in [0.25, 0.3) is 0 Å². The fourth-order valence-electron chi connectivity index (χ4n) is 1.89. The van der Waals surface area contributed by atoms with Crippen LogP contribution in [0.15, 0.2) is 18.2 Å².